The van der Waals surface area contributed by atoms with Gasteiger partial charge in [-0.3, -0.25) is 9.59 Å². The summed E-state index contributed by atoms with van der Waals surface area (Å²) >= 11 is 1.45. The van der Waals surface area contributed by atoms with E-state index in [0.29, 0.717) is 0 Å². The number of carbonyl (C=O) groups is 2. The van der Waals surface area contributed by atoms with Crippen molar-refractivity contribution in [3.05, 3.63) is 59.7 Å². The standard InChI is InChI=1S/C20H22N2O2S/c1-3-15(14-10-8-13(2)9-11-14)21-19(23)12-18-20(24)22-16-6-4-5-7-17(16)25-18/h4-11,15,18H,3,12H2,1-2H3,(H,21,23)(H,22,24)/t15-,18-/m1/s1. The molecule has 0 saturated heterocycles. The van der Waals surface area contributed by atoms with Crippen molar-refractivity contribution in [1.82, 2.24) is 5.32 Å². The summed E-state index contributed by atoms with van der Waals surface area (Å²) in [6.07, 6.45) is 0.981. The van der Waals surface area contributed by atoms with Gasteiger partial charge in [0.15, 0.2) is 0 Å². The van der Waals surface area contributed by atoms with Crippen LogP contribution in [-0.4, -0.2) is 17.1 Å². The summed E-state index contributed by atoms with van der Waals surface area (Å²) in [7, 11) is 0. The summed E-state index contributed by atoms with van der Waals surface area (Å²) in [6, 6.07) is 15.8. The van der Waals surface area contributed by atoms with Gasteiger partial charge in [-0.25, -0.2) is 0 Å². The number of anilines is 1. The average molecular weight is 354 g/mol. The van der Waals surface area contributed by atoms with Crippen LogP contribution < -0.4 is 10.6 Å². The van der Waals surface area contributed by atoms with Gasteiger partial charge < -0.3 is 10.6 Å². The molecule has 2 N–H and O–H groups in total. The minimum atomic E-state index is -0.398. The molecular weight excluding hydrogens is 332 g/mol. The minimum absolute atomic E-state index is 0.0305. The third-order valence-electron chi connectivity index (χ3n) is 4.30. The van der Waals surface area contributed by atoms with Gasteiger partial charge in [-0.1, -0.05) is 48.9 Å². The van der Waals surface area contributed by atoms with Crippen molar-refractivity contribution in [2.24, 2.45) is 0 Å². The molecule has 5 heteroatoms. The molecule has 1 aliphatic rings. The van der Waals surface area contributed by atoms with E-state index in [1.54, 1.807) is 0 Å². The molecule has 0 aliphatic carbocycles. The quantitative estimate of drug-likeness (QED) is 0.851. The van der Waals surface area contributed by atoms with Crippen molar-refractivity contribution >= 4 is 29.3 Å². The van der Waals surface area contributed by atoms with Gasteiger partial charge in [0, 0.05) is 11.3 Å². The maximum atomic E-state index is 12.5. The number of aryl methyl sites for hydroxylation is 1. The van der Waals surface area contributed by atoms with Crippen molar-refractivity contribution in [2.75, 3.05) is 5.32 Å². The Morgan fingerprint density at radius 1 is 1.20 bits per heavy atom. The predicted octanol–water partition coefficient (Wildman–Crippen LogP) is 4.07. The SMILES string of the molecule is CC[C@@H](NC(=O)C[C@H]1Sc2ccccc2NC1=O)c1ccc(C)cc1. The van der Waals surface area contributed by atoms with E-state index < -0.39 is 5.25 Å². The number of carbonyl (C=O) groups excluding carboxylic acids is 2. The second-order valence-electron chi connectivity index (χ2n) is 6.24. The van der Waals surface area contributed by atoms with Gasteiger partial charge in [0.2, 0.25) is 11.8 Å². The first-order chi connectivity index (χ1) is 12.1. The molecule has 0 unspecified atom stereocenters. The fraction of sp³-hybridized carbons (Fsp3) is 0.300. The number of fused-ring (bicyclic) bond motifs is 1. The summed E-state index contributed by atoms with van der Waals surface area (Å²) in [5.41, 5.74) is 3.10. The van der Waals surface area contributed by atoms with Crippen molar-refractivity contribution < 1.29 is 9.59 Å². The number of amides is 2. The number of rotatable bonds is 5. The van der Waals surface area contributed by atoms with Crippen LogP contribution in [0, 0.1) is 6.92 Å². The highest BCUT2D eigenvalue weighted by Crippen LogP contribution is 2.36. The number of thioether (sulfide) groups is 1. The molecule has 1 heterocycles. The fourth-order valence-electron chi connectivity index (χ4n) is 2.87. The van der Waals surface area contributed by atoms with Crippen LogP contribution in [0.3, 0.4) is 0 Å². The van der Waals surface area contributed by atoms with Crippen LogP contribution in [0.25, 0.3) is 0 Å². The van der Waals surface area contributed by atoms with Crippen LogP contribution >= 0.6 is 11.8 Å². The molecule has 4 nitrogen and oxygen atoms in total. The molecule has 0 spiro atoms. The Balaban J connectivity index is 1.64. The highest BCUT2D eigenvalue weighted by Gasteiger charge is 2.29. The Bertz CT molecular complexity index is 774. The summed E-state index contributed by atoms with van der Waals surface area (Å²) < 4.78 is 0. The van der Waals surface area contributed by atoms with E-state index >= 15 is 0 Å². The van der Waals surface area contributed by atoms with Gasteiger partial charge in [0.05, 0.1) is 17.0 Å². The maximum absolute atomic E-state index is 12.5. The van der Waals surface area contributed by atoms with Gasteiger partial charge in [0.1, 0.15) is 0 Å². The first-order valence-corrected chi connectivity index (χ1v) is 9.37. The molecule has 0 saturated carbocycles. The highest BCUT2D eigenvalue weighted by molar-refractivity contribution is 8.01. The summed E-state index contributed by atoms with van der Waals surface area (Å²) in [5, 5.41) is 5.55. The summed E-state index contributed by atoms with van der Waals surface area (Å²) in [4.78, 5) is 25.7. The van der Waals surface area contributed by atoms with Crippen LogP contribution in [0.15, 0.2) is 53.4 Å². The highest BCUT2D eigenvalue weighted by atomic mass is 32.2. The average Bonchev–Trinajstić information content (AvgIpc) is 2.61. The van der Waals surface area contributed by atoms with E-state index in [-0.39, 0.29) is 24.3 Å². The van der Waals surface area contributed by atoms with Gasteiger partial charge in [0.25, 0.3) is 0 Å². The molecule has 130 valence electrons. The molecular formula is C20H22N2O2S. The first kappa shape index (κ1) is 17.5. The van der Waals surface area contributed by atoms with E-state index in [2.05, 4.69) is 10.6 Å². The van der Waals surface area contributed by atoms with Crippen LogP contribution in [0.5, 0.6) is 0 Å². The Morgan fingerprint density at radius 2 is 1.92 bits per heavy atom. The van der Waals surface area contributed by atoms with Crippen molar-refractivity contribution in [3.8, 4) is 0 Å². The smallest absolute Gasteiger partial charge is 0.238 e. The molecule has 2 aromatic carbocycles. The Hall–Kier alpha value is -2.27. The van der Waals surface area contributed by atoms with E-state index in [1.165, 1.54) is 17.3 Å². The Kier molecular flexibility index (Phi) is 5.43. The van der Waals surface area contributed by atoms with Crippen LogP contribution in [0.1, 0.15) is 36.9 Å². The van der Waals surface area contributed by atoms with Crippen LogP contribution in [0.2, 0.25) is 0 Å². The van der Waals surface area contributed by atoms with Gasteiger partial charge >= 0.3 is 0 Å². The molecule has 2 aromatic rings. The van der Waals surface area contributed by atoms with Crippen LogP contribution in [-0.2, 0) is 9.59 Å². The second-order valence-corrected chi connectivity index (χ2v) is 7.48. The monoisotopic (exact) mass is 354 g/mol. The molecule has 25 heavy (non-hydrogen) atoms. The number of hydrogen-bond acceptors (Lipinski definition) is 3. The lowest BCUT2D eigenvalue weighted by Gasteiger charge is -2.24. The Morgan fingerprint density at radius 3 is 2.64 bits per heavy atom. The molecule has 0 radical (unpaired) electrons. The van der Waals surface area contributed by atoms with E-state index in [1.807, 2.05) is 62.4 Å². The second kappa shape index (κ2) is 7.74. The van der Waals surface area contributed by atoms with Crippen molar-refractivity contribution in [3.63, 3.8) is 0 Å². The van der Waals surface area contributed by atoms with Gasteiger partial charge in [-0.15, -0.1) is 11.8 Å². The zero-order valence-corrected chi connectivity index (χ0v) is 15.2. The molecule has 2 atom stereocenters. The van der Waals surface area contributed by atoms with Gasteiger partial charge in [-0.2, -0.15) is 0 Å². The Labute approximate surface area is 152 Å². The topological polar surface area (TPSA) is 58.2 Å². The van der Waals surface area contributed by atoms with Gasteiger partial charge in [-0.05, 0) is 31.0 Å². The molecule has 0 fully saturated rings. The zero-order valence-electron chi connectivity index (χ0n) is 14.4. The van der Waals surface area contributed by atoms with Crippen LogP contribution in [0.4, 0.5) is 5.69 Å². The first-order valence-electron chi connectivity index (χ1n) is 8.49. The molecule has 1 aliphatic heterocycles. The number of para-hydroxylation sites is 1. The van der Waals surface area contributed by atoms with Crippen molar-refractivity contribution in [2.45, 2.75) is 42.9 Å². The zero-order chi connectivity index (χ0) is 17.8. The van der Waals surface area contributed by atoms with Crippen molar-refractivity contribution in [1.29, 1.82) is 0 Å². The third kappa shape index (κ3) is 4.23. The van der Waals surface area contributed by atoms with E-state index in [4.69, 9.17) is 0 Å². The summed E-state index contributed by atoms with van der Waals surface area (Å²) in [5.74, 6) is -0.207. The predicted molar refractivity (Wildman–Crippen MR) is 102 cm³/mol. The lowest BCUT2D eigenvalue weighted by molar-refractivity contribution is -0.124. The van der Waals surface area contributed by atoms with E-state index in [0.717, 1.165) is 22.6 Å². The number of hydrogen-bond donors (Lipinski definition) is 2. The largest absolute Gasteiger partial charge is 0.349 e. The normalized spacial score (nSPS) is 17.4. The minimum Gasteiger partial charge on any atom is -0.349 e. The number of benzene rings is 2. The molecule has 0 aromatic heterocycles. The molecule has 2 amide bonds. The summed E-state index contributed by atoms with van der Waals surface area (Å²) in [6.45, 7) is 4.09. The lowest BCUT2D eigenvalue weighted by atomic mass is 10.0. The lowest BCUT2D eigenvalue weighted by Crippen LogP contribution is -2.36. The number of nitrogens with one attached hydrogen (secondary N) is 2. The third-order valence-corrected chi connectivity index (χ3v) is 5.58. The fourth-order valence-corrected chi connectivity index (χ4v) is 3.98. The van der Waals surface area contributed by atoms with E-state index in [9.17, 15) is 9.59 Å². The molecule has 0 bridgehead atoms. The molecule has 3 rings (SSSR count). The maximum Gasteiger partial charge on any atom is 0.238 e.